The molecule has 2 aliphatic rings. The Labute approximate surface area is 93.3 Å². The van der Waals surface area contributed by atoms with Gasteiger partial charge in [0.15, 0.2) is 0 Å². The Kier molecular flexibility index (Phi) is 2.35. The van der Waals surface area contributed by atoms with Crippen molar-refractivity contribution in [1.82, 2.24) is 4.90 Å². The van der Waals surface area contributed by atoms with Crippen molar-refractivity contribution in [3.05, 3.63) is 0 Å². The molecular weight excluding hydrogens is 184 g/mol. The first-order valence-corrected chi connectivity index (χ1v) is 6.10. The number of likely N-dealkylation sites (tertiary alicyclic amines) is 1. The van der Waals surface area contributed by atoms with Crippen LogP contribution in [0.2, 0.25) is 0 Å². The third kappa shape index (κ3) is 1.58. The largest absolute Gasteiger partial charge is 0.292 e. The summed E-state index contributed by atoms with van der Waals surface area (Å²) in [6.07, 6.45) is 4.50. The molecule has 2 fully saturated rings. The molecule has 2 rings (SSSR count). The summed E-state index contributed by atoms with van der Waals surface area (Å²) in [6, 6.07) is 3.78. The zero-order valence-corrected chi connectivity index (χ0v) is 10.4. The van der Waals surface area contributed by atoms with Gasteiger partial charge >= 0.3 is 0 Å². The van der Waals surface area contributed by atoms with Gasteiger partial charge in [-0.1, -0.05) is 6.92 Å². The van der Waals surface area contributed by atoms with Gasteiger partial charge in [-0.05, 0) is 40.0 Å². The topological polar surface area (TPSA) is 27.0 Å². The molecule has 0 amide bonds. The van der Waals surface area contributed by atoms with E-state index in [9.17, 15) is 0 Å². The molecule has 1 unspecified atom stereocenters. The van der Waals surface area contributed by atoms with Crippen LogP contribution in [0.15, 0.2) is 0 Å². The number of nitrogens with zero attached hydrogens (tertiary/aromatic N) is 2. The molecule has 0 aromatic rings. The van der Waals surface area contributed by atoms with E-state index >= 15 is 0 Å². The van der Waals surface area contributed by atoms with Crippen molar-refractivity contribution in [3.63, 3.8) is 0 Å². The van der Waals surface area contributed by atoms with Crippen LogP contribution in [-0.2, 0) is 0 Å². The second kappa shape index (κ2) is 3.22. The number of rotatable bonds is 2. The Bertz CT molecular complexity index is 297. The van der Waals surface area contributed by atoms with Crippen molar-refractivity contribution in [2.45, 2.75) is 71.0 Å². The van der Waals surface area contributed by atoms with E-state index in [-0.39, 0.29) is 5.54 Å². The van der Waals surface area contributed by atoms with Crippen LogP contribution in [0.1, 0.15) is 53.4 Å². The van der Waals surface area contributed by atoms with Crippen LogP contribution in [0.5, 0.6) is 0 Å². The summed E-state index contributed by atoms with van der Waals surface area (Å²) >= 11 is 0. The highest BCUT2D eigenvalue weighted by Crippen LogP contribution is 2.63. The van der Waals surface area contributed by atoms with E-state index < -0.39 is 0 Å². The molecule has 1 aliphatic heterocycles. The standard InChI is InChI=1S/C13H22N2/c1-5-10-8-13(6-7-14)9-11(13)15(10)12(2,3)4/h10-11H,5-6,8-9H2,1-4H3/t10-,11?,13+/m1/s1. The average Bonchev–Trinajstić information content (AvgIpc) is 2.69. The number of nitriles is 1. The minimum atomic E-state index is 0.263. The van der Waals surface area contributed by atoms with E-state index in [1.54, 1.807) is 0 Å². The van der Waals surface area contributed by atoms with Crippen molar-refractivity contribution in [2.75, 3.05) is 0 Å². The summed E-state index contributed by atoms with van der Waals surface area (Å²) in [4.78, 5) is 2.67. The van der Waals surface area contributed by atoms with Crippen LogP contribution in [0.3, 0.4) is 0 Å². The van der Waals surface area contributed by atoms with Crippen LogP contribution in [-0.4, -0.2) is 22.5 Å². The lowest BCUT2D eigenvalue weighted by Gasteiger charge is -2.38. The minimum Gasteiger partial charge on any atom is -0.292 e. The van der Waals surface area contributed by atoms with Crippen molar-refractivity contribution in [2.24, 2.45) is 5.41 Å². The van der Waals surface area contributed by atoms with Gasteiger partial charge in [0.1, 0.15) is 0 Å². The average molecular weight is 206 g/mol. The molecule has 1 aliphatic carbocycles. The molecule has 1 saturated carbocycles. The molecule has 1 saturated heterocycles. The van der Waals surface area contributed by atoms with Gasteiger partial charge in [-0.15, -0.1) is 0 Å². The van der Waals surface area contributed by atoms with Crippen LogP contribution in [0, 0.1) is 16.7 Å². The van der Waals surface area contributed by atoms with E-state index in [4.69, 9.17) is 5.26 Å². The fourth-order valence-corrected chi connectivity index (χ4v) is 3.54. The molecule has 0 radical (unpaired) electrons. The highest BCUT2D eigenvalue weighted by molar-refractivity contribution is 5.20. The monoisotopic (exact) mass is 206 g/mol. The number of hydrogen-bond donors (Lipinski definition) is 0. The van der Waals surface area contributed by atoms with Gasteiger partial charge in [0.2, 0.25) is 0 Å². The third-order valence-corrected chi connectivity index (χ3v) is 4.19. The summed E-state index contributed by atoms with van der Waals surface area (Å²) in [7, 11) is 0. The van der Waals surface area contributed by atoms with Gasteiger partial charge in [0, 0.05) is 29.5 Å². The maximum atomic E-state index is 8.90. The molecule has 0 N–H and O–H groups in total. The maximum absolute atomic E-state index is 8.90. The summed E-state index contributed by atoms with van der Waals surface area (Å²) in [5, 5.41) is 8.90. The second-order valence-electron chi connectivity index (χ2n) is 6.26. The molecule has 84 valence electrons. The van der Waals surface area contributed by atoms with Crippen molar-refractivity contribution in [1.29, 1.82) is 5.26 Å². The fraction of sp³-hybridized carbons (Fsp3) is 0.923. The lowest BCUT2D eigenvalue weighted by Crippen LogP contribution is -2.46. The fourth-order valence-electron chi connectivity index (χ4n) is 3.54. The van der Waals surface area contributed by atoms with Gasteiger partial charge in [-0.2, -0.15) is 5.26 Å². The summed E-state index contributed by atoms with van der Waals surface area (Å²) < 4.78 is 0. The third-order valence-electron chi connectivity index (χ3n) is 4.19. The molecule has 0 aromatic heterocycles. The van der Waals surface area contributed by atoms with Crippen LogP contribution in [0.4, 0.5) is 0 Å². The van der Waals surface area contributed by atoms with Crippen molar-refractivity contribution < 1.29 is 0 Å². The molecule has 2 nitrogen and oxygen atoms in total. The van der Waals surface area contributed by atoms with Gasteiger partial charge in [-0.3, -0.25) is 4.90 Å². The highest BCUT2D eigenvalue weighted by Gasteiger charge is 2.65. The van der Waals surface area contributed by atoms with Crippen molar-refractivity contribution >= 4 is 0 Å². The van der Waals surface area contributed by atoms with Gasteiger partial charge in [0.05, 0.1) is 6.07 Å². The highest BCUT2D eigenvalue weighted by atomic mass is 15.3. The number of piperidine rings is 1. The molecular formula is C13H22N2. The predicted molar refractivity (Wildman–Crippen MR) is 61.4 cm³/mol. The zero-order valence-electron chi connectivity index (χ0n) is 10.4. The van der Waals surface area contributed by atoms with Crippen LogP contribution < -0.4 is 0 Å². The maximum Gasteiger partial charge on any atom is 0.0628 e. The Morgan fingerprint density at radius 1 is 1.40 bits per heavy atom. The van der Waals surface area contributed by atoms with E-state index in [2.05, 4.69) is 38.7 Å². The summed E-state index contributed by atoms with van der Waals surface area (Å²) in [6.45, 7) is 9.18. The van der Waals surface area contributed by atoms with Gasteiger partial charge < -0.3 is 0 Å². The lowest BCUT2D eigenvalue weighted by atomic mass is 9.95. The van der Waals surface area contributed by atoms with Crippen LogP contribution in [0.25, 0.3) is 0 Å². The van der Waals surface area contributed by atoms with E-state index in [0.29, 0.717) is 17.5 Å². The quantitative estimate of drug-likeness (QED) is 0.694. The Balaban J connectivity index is 2.17. The molecule has 3 atom stereocenters. The van der Waals surface area contributed by atoms with Crippen molar-refractivity contribution in [3.8, 4) is 6.07 Å². The van der Waals surface area contributed by atoms with Gasteiger partial charge in [-0.25, -0.2) is 0 Å². The molecule has 15 heavy (non-hydrogen) atoms. The first-order valence-electron chi connectivity index (χ1n) is 6.10. The minimum absolute atomic E-state index is 0.263. The summed E-state index contributed by atoms with van der Waals surface area (Å²) in [5.74, 6) is 0. The Morgan fingerprint density at radius 3 is 2.47 bits per heavy atom. The first kappa shape index (κ1) is 11.0. The van der Waals surface area contributed by atoms with E-state index in [0.717, 1.165) is 6.42 Å². The number of fused-ring (bicyclic) bond motifs is 1. The van der Waals surface area contributed by atoms with E-state index in [1.807, 2.05) is 0 Å². The number of hydrogen-bond acceptors (Lipinski definition) is 2. The first-order chi connectivity index (χ1) is 6.94. The normalized spacial score (nSPS) is 39.9. The Hall–Kier alpha value is -0.550. The molecule has 1 heterocycles. The smallest absolute Gasteiger partial charge is 0.0628 e. The lowest BCUT2D eigenvalue weighted by molar-refractivity contribution is 0.0933. The molecule has 0 spiro atoms. The predicted octanol–water partition coefficient (Wildman–Crippen LogP) is 2.94. The molecule has 2 heteroatoms. The second-order valence-corrected chi connectivity index (χ2v) is 6.26. The van der Waals surface area contributed by atoms with Gasteiger partial charge in [0.25, 0.3) is 0 Å². The molecule has 0 bridgehead atoms. The van der Waals surface area contributed by atoms with Crippen LogP contribution >= 0.6 is 0 Å². The zero-order chi connectivity index (χ0) is 11.3. The van der Waals surface area contributed by atoms with E-state index in [1.165, 1.54) is 19.3 Å². The SMILES string of the molecule is CC[C@@H]1C[C@@]2(CC#N)CC2N1C(C)(C)C. The molecule has 0 aromatic carbocycles. The Morgan fingerprint density at radius 2 is 2.07 bits per heavy atom. The summed E-state index contributed by atoms with van der Waals surface area (Å²) in [5.41, 5.74) is 0.641.